The molecule has 0 aromatic heterocycles. The first-order valence-electron chi connectivity index (χ1n) is 7.65. The average molecular weight is 263 g/mol. The summed E-state index contributed by atoms with van der Waals surface area (Å²) < 4.78 is 1.16. The van der Waals surface area contributed by atoms with E-state index in [0.29, 0.717) is 0 Å². The number of quaternary nitrogens is 1. The van der Waals surface area contributed by atoms with Crippen molar-refractivity contribution in [2.24, 2.45) is 0 Å². The molecule has 0 radical (unpaired) electrons. The molecule has 1 nitrogen and oxygen atoms in total. The van der Waals surface area contributed by atoms with E-state index in [1.165, 1.54) is 71.0 Å². The van der Waals surface area contributed by atoms with Crippen LogP contribution < -0.4 is 0 Å². The predicted molar refractivity (Wildman–Crippen MR) is 79.5 cm³/mol. The minimum Gasteiger partial charge on any atom is -0.311 e. The van der Waals surface area contributed by atoms with E-state index >= 15 is 0 Å². The van der Waals surface area contributed by atoms with Crippen molar-refractivity contribution in [3.05, 3.63) is 0 Å². The van der Waals surface area contributed by atoms with E-state index in [1.807, 2.05) is 0 Å². The Morgan fingerprint density at radius 1 is 0.647 bits per heavy atom. The van der Waals surface area contributed by atoms with Gasteiger partial charge >= 0.3 is 0 Å². The van der Waals surface area contributed by atoms with E-state index in [9.17, 15) is 0 Å². The number of alkyl halides is 1. The van der Waals surface area contributed by atoms with Crippen molar-refractivity contribution in [3.8, 4) is 0 Å². The van der Waals surface area contributed by atoms with Crippen molar-refractivity contribution < 1.29 is 4.48 Å². The first-order chi connectivity index (χ1) is 8.24. The van der Waals surface area contributed by atoms with Crippen molar-refractivity contribution >= 4 is 11.6 Å². The maximum atomic E-state index is 6.29. The van der Waals surface area contributed by atoms with Crippen LogP contribution in [0.5, 0.6) is 0 Å². The first-order valence-corrected chi connectivity index (χ1v) is 8.19. The molecule has 0 aliphatic rings. The molecule has 0 atom stereocenters. The van der Waals surface area contributed by atoms with Gasteiger partial charge in [-0.2, -0.15) is 0 Å². The Kier molecular flexibility index (Phi) is 11.5. The summed E-state index contributed by atoms with van der Waals surface area (Å²) in [6.45, 7) is 10.7. The largest absolute Gasteiger partial charge is 0.311 e. The standard InChI is InChI=1S/C15H33ClN/c1-4-7-10-13-17(15-16,12-9-6-3)14-11-8-5-2/h4-15H2,1-3H3/q+1. The van der Waals surface area contributed by atoms with Gasteiger partial charge in [-0.1, -0.05) is 51.6 Å². The fourth-order valence-corrected chi connectivity index (χ4v) is 2.76. The number of hydrogen-bond donors (Lipinski definition) is 0. The zero-order valence-corrected chi connectivity index (χ0v) is 13.1. The molecular formula is C15H33ClN+. The molecule has 104 valence electrons. The lowest BCUT2D eigenvalue weighted by Crippen LogP contribution is -2.49. The highest BCUT2D eigenvalue weighted by Gasteiger charge is 2.24. The summed E-state index contributed by atoms with van der Waals surface area (Å²) in [4.78, 5) is 0. The second kappa shape index (κ2) is 11.3. The van der Waals surface area contributed by atoms with E-state index in [0.717, 1.165) is 10.5 Å². The van der Waals surface area contributed by atoms with Crippen molar-refractivity contribution in [3.63, 3.8) is 0 Å². The molecule has 0 N–H and O–H groups in total. The molecule has 0 unspecified atom stereocenters. The van der Waals surface area contributed by atoms with E-state index in [2.05, 4.69) is 20.8 Å². The summed E-state index contributed by atoms with van der Waals surface area (Å²) in [5.41, 5.74) is 0. The van der Waals surface area contributed by atoms with Gasteiger partial charge in [0.05, 0.1) is 19.6 Å². The fourth-order valence-electron chi connectivity index (χ4n) is 2.40. The minimum absolute atomic E-state index is 0.813. The molecule has 0 aliphatic heterocycles. The van der Waals surface area contributed by atoms with E-state index in [1.54, 1.807) is 0 Å². The van der Waals surface area contributed by atoms with Crippen LogP contribution in [0.25, 0.3) is 0 Å². The van der Waals surface area contributed by atoms with Crippen LogP contribution in [0.2, 0.25) is 0 Å². The van der Waals surface area contributed by atoms with Gasteiger partial charge < -0.3 is 4.48 Å². The van der Waals surface area contributed by atoms with Gasteiger partial charge in [0.15, 0.2) is 6.00 Å². The summed E-state index contributed by atoms with van der Waals surface area (Å²) in [5.74, 6) is 0. The zero-order valence-electron chi connectivity index (χ0n) is 12.3. The number of hydrogen-bond acceptors (Lipinski definition) is 0. The van der Waals surface area contributed by atoms with Gasteiger partial charge in [-0.05, 0) is 32.1 Å². The van der Waals surface area contributed by atoms with Crippen molar-refractivity contribution in [1.82, 2.24) is 0 Å². The van der Waals surface area contributed by atoms with E-state index in [-0.39, 0.29) is 0 Å². The van der Waals surface area contributed by atoms with Gasteiger partial charge in [0.1, 0.15) is 0 Å². The molecule has 0 aliphatic carbocycles. The van der Waals surface area contributed by atoms with Gasteiger partial charge in [-0.3, -0.25) is 0 Å². The maximum absolute atomic E-state index is 6.29. The topological polar surface area (TPSA) is 0 Å². The second-order valence-electron chi connectivity index (χ2n) is 5.40. The van der Waals surface area contributed by atoms with Crippen LogP contribution >= 0.6 is 11.6 Å². The molecular weight excluding hydrogens is 230 g/mol. The highest BCUT2D eigenvalue weighted by molar-refractivity contribution is 6.16. The number of halogens is 1. The van der Waals surface area contributed by atoms with Crippen LogP contribution in [0.15, 0.2) is 0 Å². The summed E-state index contributed by atoms with van der Waals surface area (Å²) in [6, 6.07) is 0.813. The molecule has 2 heteroatoms. The van der Waals surface area contributed by atoms with Gasteiger partial charge in [-0.15, -0.1) is 0 Å². The number of rotatable bonds is 12. The predicted octanol–water partition coefficient (Wildman–Crippen LogP) is 5.18. The van der Waals surface area contributed by atoms with Crippen LogP contribution in [0, 0.1) is 0 Å². The Bertz CT molecular complexity index is 149. The molecule has 0 aromatic rings. The van der Waals surface area contributed by atoms with Gasteiger partial charge in [0, 0.05) is 0 Å². The van der Waals surface area contributed by atoms with Crippen LogP contribution in [0.1, 0.15) is 72.1 Å². The number of unbranched alkanes of at least 4 members (excludes halogenated alkanes) is 5. The SMILES string of the molecule is CCCCC[N+](CCl)(CCCC)CCCCC. The Morgan fingerprint density at radius 3 is 1.41 bits per heavy atom. The van der Waals surface area contributed by atoms with Crippen molar-refractivity contribution in [2.45, 2.75) is 72.1 Å². The summed E-state index contributed by atoms with van der Waals surface area (Å²) >= 11 is 6.29. The summed E-state index contributed by atoms with van der Waals surface area (Å²) in [7, 11) is 0. The fraction of sp³-hybridized carbons (Fsp3) is 1.00. The molecule has 17 heavy (non-hydrogen) atoms. The smallest absolute Gasteiger partial charge is 0.154 e. The van der Waals surface area contributed by atoms with Crippen LogP contribution in [0.4, 0.5) is 0 Å². The van der Waals surface area contributed by atoms with Gasteiger partial charge in [0.2, 0.25) is 0 Å². The molecule has 0 heterocycles. The molecule has 0 saturated heterocycles. The normalized spacial score (nSPS) is 12.0. The molecule has 0 rings (SSSR count). The quantitative estimate of drug-likeness (QED) is 0.197. The van der Waals surface area contributed by atoms with Gasteiger partial charge in [0.25, 0.3) is 0 Å². The van der Waals surface area contributed by atoms with E-state index in [4.69, 9.17) is 11.6 Å². The highest BCUT2D eigenvalue weighted by atomic mass is 35.5. The maximum Gasteiger partial charge on any atom is 0.154 e. The van der Waals surface area contributed by atoms with Crippen LogP contribution in [0.3, 0.4) is 0 Å². The third-order valence-corrected chi connectivity index (χ3v) is 4.22. The lowest BCUT2D eigenvalue weighted by Gasteiger charge is -2.37. The van der Waals surface area contributed by atoms with Crippen LogP contribution in [-0.4, -0.2) is 30.1 Å². The third kappa shape index (κ3) is 8.05. The lowest BCUT2D eigenvalue weighted by molar-refractivity contribution is -0.918. The van der Waals surface area contributed by atoms with Gasteiger partial charge in [-0.25, -0.2) is 0 Å². The minimum atomic E-state index is 0.813. The molecule has 0 bridgehead atoms. The summed E-state index contributed by atoms with van der Waals surface area (Å²) in [6.07, 6.45) is 10.6. The Labute approximate surface area is 114 Å². The molecule has 0 spiro atoms. The Morgan fingerprint density at radius 2 is 1.06 bits per heavy atom. The number of nitrogens with zero attached hydrogens (tertiary/aromatic N) is 1. The lowest BCUT2D eigenvalue weighted by atomic mass is 10.1. The zero-order chi connectivity index (χ0) is 13.0. The molecule has 0 amide bonds. The molecule has 0 fully saturated rings. The molecule has 0 saturated carbocycles. The Hall–Kier alpha value is 0.250. The van der Waals surface area contributed by atoms with Crippen molar-refractivity contribution in [2.75, 3.05) is 25.6 Å². The monoisotopic (exact) mass is 262 g/mol. The summed E-state index contributed by atoms with van der Waals surface area (Å²) in [5, 5.41) is 0. The van der Waals surface area contributed by atoms with Crippen molar-refractivity contribution in [1.29, 1.82) is 0 Å². The Balaban J connectivity index is 4.17. The highest BCUT2D eigenvalue weighted by Crippen LogP contribution is 2.16. The van der Waals surface area contributed by atoms with Crippen LogP contribution in [-0.2, 0) is 0 Å². The third-order valence-electron chi connectivity index (χ3n) is 3.71. The van der Waals surface area contributed by atoms with E-state index < -0.39 is 0 Å². The second-order valence-corrected chi connectivity index (χ2v) is 5.64. The molecule has 0 aromatic carbocycles. The average Bonchev–Trinajstić information content (AvgIpc) is 2.36. The first kappa shape index (κ1) is 17.2.